The van der Waals surface area contributed by atoms with E-state index in [1.165, 1.54) is 11.8 Å². The molecular formula is C35H61NO9SSi2. The third-order valence-electron chi connectivity index (χ3n) is 8.84. The molecule has 0 aliphatic carbocycles. The number of fused-ring (bicyclic) bond motifs is 2. The summed E-state index contributed by atoms with van der Waals surface area (Å²) < 4.78 is 42.9. The predicted molar refractivity (Wildman–Crippen MR) is 195 cm³/mol. The van der Waals surface area contributed by atoms with Crippen LogP contribution < -0.4 is 5.32 Å². The van der Waals surface area contributed by atoms with E-state index >= 15 is 0 Å². The molecule has 0 aromatic heterocycles. The number of allylic oxidation sites excluding steroid dienone is 1. The van der Waals surface area contributed by atoms with Crippen molar-refractivity contribution in [3.63, 3.8) is 0 Å². The molecule has 48 heavy (non-hydrogen) atoms. The zero-order valence-electron chi connectivity index (χ0n) is 30.8. The smallest absolute Gasteiger partial charge is 0.330 e. The molecule has 3 rings (SSSR count). The van der Waals surface area contributed by atoms with Gasteiger partial charge in [0.05, 0.1) is 18.2 Å². The highest BCUT2D eigenvalue weighted by atomic mass is 32.2. The van der Waals surface area contributed by atoms with Crippen molar-refractivity contribution in [2.24, 2.45) is 5.92 Å². The first kappa shape index (κ1) is 41.2. The summed E-state index contributed by atoms with van der Waals surface area (Å²) in [5.41, 5.74) is 0.868. The minimum Gasteiger partial charge on any atom is -0.459 e. The highest BCUT2D eigenvalue weighted by Gasteiger charge is 2.51. The molecule has 3 aliphatic rings. The number of amides is 1. The standard InChI is InChI=1S/C35H61NO9SSi2/c1-26-10-13-28-21-29(22-35(39-3,45-28)32-23-46-34(38)36-32)44-33(37)20-27(2)12-15-31(43-25-41-17-19-48(7,8)9)30(14-11-26)42-24-40-16-18-47(4,5)6/h20,26,28-32H,10,12-13,15-19,21-25H2,1-9H3,(H,36,38)/b27-20-/t26-,28?,29?,30-,31-,32?,35+/m0/s1. The summed E-state index contributed by atoms with van der Waals surface area (Å²) >= 11 is 1.21. The Morgan fingerprint density at radius 2 is 1.62 bits per heavy atom. The van der Waals surface area contributed by atoms with Gasteiger partial charge in [-0.15, -0.1) is 0 Å². The minimum atomic E-state index is -1.24. The minimum absolute atomic E-state index is 0.0392. The van der Waals surface area contributed by atoms with Crippen molar-refractivity contribution < 1.29 is 42.7 Å². The van der Waals surface area contributed by atoms with Gasteiger partial charge in [0.25, 0.3) is 5.24 Å². The second kappa shape index (κ2) is 19.4. The monoisotopic (exact) mass is 727 g/mol. The largest absolute Gasteiger partial charge is 0.459 e. The summed E-state index contributed by atoms with van der Waals surface area (Å²) in [4.78, 5) is 25.3. The van der Waals surface area contributed by atoms with E-state index in [0.717, 1.165) is 24.1 Å². The molecule has 3 unspecified atom stereocenters. The van der Waals surface area contributed by atoms with Gasteiger partial charge in [-0.1, -0.05) is 75.4 Å². The lowest BCUT2D eigenvalue weighted by atomic mass is 9.90. The fraction of sp³-hybridized carbons (Fsp3) is 0.829. The Morgan fingerprint density at radius 3 is 2.23 bits per heavy atom. The number of rotatable bonds is 14. The van der Waals surface area contributed by atoms with Crippen molar-refractivity contribution in [3.8, 4) is 11.8 Å². The first-order valence-corrected chi connectivity index (χ1v) is 25.9. The average Bonchev–Trinajstić information content (AvgIpc) is 3.44. The Hall–Kier alpha value is -1.22. The van der Waals surface area contributed by atoms with E-state index in [4.69, 9.17) is 33.2 Å². The molecule has 1 amide bonds. The molecule has 0 spiro atoms. The zero-order valence-corrected chi connectivity index (χ0v) is 33.6. The van der Waals surface area contributed by atoms with Gasteiger partial charge in [-0.2, -0.15) is 0 Å². The van der Waals surface area contributed by atoms with E-state index in [-0.39, 0.29) is 43.0 Å². The number of nitrogens with one attached hydrogen (secondary N) is 1. The molecule has 2 fully saturated rings. The van der Waals surface area contributed by atoms with Crippen molar-refractivity contribution in [1.82, 2.24) is 5.32 Å². The summed E-state index contributed by atoms with van der Waals surface area (Å²) in [6, 6.07) is 1.76. The molecule has 3 heterocycles. The van der Waals surface area contributed by atoms with Crippen LogP contribution in [0.1, 0.15) is 52.4 Å². The number of methoxy groups -OCH3 is 1. The molecule has 2 saturated heterocycles. The number of hydrogen-bond donors (Lipinski definition) is 1. The quantitative estimate of drug-likeness (QED) is 0.0675. The molecular weight excluding hydrogens is 667 g/mol. The van der Waals surface area contributed by atoms with Gasteiger partial charge in [-0.05, 0) is 44.7 Å². The van der Waals surface area contributed by atoms with Gasteiger partial charge in [0, 0.05) is 67.1 Å². The van der Waals surface area contributed by atoms with E-state index in [1.807, 2.05) is 6.92 Å². The molecule has 3 aliphatic heterocycles. The van der Waals surface area contributed by atoms with Crippen LogP contribution in [0.3, 0.4) is 0 Å². The molecule has 10 nitrogen and oxygen atoms in total. The summed E-state index contributed by atoms with van der Waals surface area (Å²) in [5.74, 6) is 5.90. The van der Waals surface area contributed by atoms with Gasteiger partial charge in [0.1, 0.15) is 25.8 Å². The predicted octanol–water partition coefficient (Wildman–Crippen LogP) is 6.80. The van der Waals surface area contributed by atoms with Crippen LogP contribution in [0.5, 0.6) is 0 Å². The summed E-state index contributed by atoms with van der Waals surface area (Å²) in [5, 5.41) is 2.87. The van der Waals surface area contributed by atoms with E-state index in [0.29, 0.717) is 51.1 Å². The van der Waals surface area contributed by atoms with Gasteiger partial charge < -0.3 is 38.5 Å². The summed E-state index contributed by atoms with van der Waals surface area (Å²) in [6.45, 7) is 19.5. The van der Waals surface area contributed by atoms with Crippen LogP contribution >= 0.6 is 11.8 Å². The Bertz CT molecular complexity index is 1130. The first-order valence-electron chi connectivity index (χ1n) is 17.5. The van der Waals surface area contributed by atoms with E-state index in [9.17, 15) is 9.59 Å². The molecule has 7 atom stereocenters. The van der Waals surface area contributed by atoms with Gasteiger partial charge >= 0.3 is 5.97 Å². The number of thioether (sulfide) groups is 1. The summed E-state index contributed by atoms with van der Waals surface area (Å²) in [6.07, 6.45) is 3.49. The normalized spacial score (nSPS) is 32.1. The molecule has 0 aromatic carbocycles. The third-order valence-corrected chi connectivity index (χ3v) is 13.1. The lowest BCUT2D eigenvalue weighted by Gasteiger charge is -2.46. The average molecular weight is 728 g/mol. The van der Waals surface area contributed by atoms with Crippen LogP contribution in [0.4, 0.5) is 4.79 Å². The summed E-state index contributed by atoms with van der Waals surface area (Å²) in [7, 11) is -0.878. The van der Waals surface area contributed by atoms with Crippen molar-refractivity contribution in [2.45, 2.75) is 140 Å². The van der Waals surface area contributed by atoms with Crippen molar-refractivity contribution in [3.05, 3.63) is 11.6 Å². The highest BCUT2D eigenvalue weighted by molar-refractivity contribution is 8.14. The number of carbonyl (C=O) groups is 2. The third kappa shape index (κ3) is 14.9. The van der Waals surface area contributed by atoms with E-state index in [1.54, 1.807) is 13.2 Å². The van der Waals surface area contributed by atoms with Crippen molar-refractivity contribution in [1.29, 1.82) is 0 Å². The number of hydrogen-bond acceptors (Lipinski definition) is 10. The Kier molecular flexibility index (Phi) is 16.7. The van der Waals surface area contributed by atoms with Crippen LogP contribution in [0.25, 0.3) is 0 Å². The molecule has 13 heteroatoms. The molecule has 0 radical (unpaired) electrons. The second-order valence-electron chi connectivity index (χ2n) is 15.8. The number of esters is 1. The van der Waals surface area contributed by atoms with E-state index in [2.05, 4.69) is 63.4 Å². The Labute approximate surface area is 295 Å². The number of ether oxygens (including phenoxy) is 7. The van der Waals surface area contributed by atoms with E-state index < -0.39 is 40.1 Å². The number of carbonyl (C=O) groups excluding carboxylic acids is 2. The topological polar surface area (TPSA) is 111 Å². The maximum absolute atomic E-state index is 13.2. The van der Waals surface area contributed by atoms with Gasteiger partial charge in [-0.3, -0.25) is 4.79 Å². The fourth-order valence-electron chi connectivity index (χ4n) is 5.73. The lowest BCUT2D eigenvalue weighted by Crippen LogP contribution is -2.59. The highest BCUT2D eigenvalue weighted by Crippen LogP contribution is 2.39. The maximum atomic E-state index is 13.2. The Morgan fingerprint density at radius 1 is 0.958 bits per heavy atom. The van der Waals surface area contributed by atoms with Crippen molar-refractivity contribution in [2.75, 3.05) is 39.7 Å². The zero-order chi connectivity index (χ0) is 35.4. The van der Waals surface area contributed by atoms with Crippen LogP contribution in [0.15, 0.2) is 11.6 Å². The molecule has 274 valence electrons. The molecule has 0 saturated carbocycles. The maximum Gasteiger partial charge on any atom is 0.330 e. The second-order valence-corrected chi connectivity index (χ2v) is 28.0. The fourth-order valence-corrected chi connectivity index (χ4v) is 8.12. The van der Waals surface area contributed by atoms with Crippen LogP contribution in [0, 0.1) is 17.8 Å². The first-order chi connectivity index (χ1) is 22.6. The van der Waals surface area contributed by atoms with Crippen LogP contribution in [-0.2, 0) is 38.0 Å². The van der Waals surface area contributed by atoms with Crippen LogP contribution in [0.2, 0.25) is 51.4 Å². The molecule has 2 bridgehead atoms. The Balaban J connectivity index is 1.80. The lowest BCUT2D eigenvalue weighted by molar-refractivity contribution is -0.296. The van der Waals surface area contributed by atoms with Gasteiger partial charge in [-0.25, -0.2) is 4.79 Å². The SMILES string of the molecule is CO[C@]1(C2CSC(=O)N2)CC2CC(CC[C@H](C)C#C[C@H](OCOCC[Si](C)(C)C)[C@@H](OCOCC[Si](C)(C)C)CC/C(C)=C\C(=O)O2)O1. The van der Waals surface area contributed by atoms with Crippen molar-refractivity contribution >= 4 is 39.1 Å². The van der Waals surface area contributed by atoms with Gasteiger partial charge in [0.15, 0.2) is 5.79 Å². The molecule has 0 aromatic rings. The van der Waals surface area contributed by atoms with Gasteiger partial charge in [0.2, 0.25) is 0 Å². The molecule has 1 N–H and O–H groups in total. The van der Waals surface area contributed by atoms with Crippen LogP contribution in [-0.4, -0.2) is 103 Å².